The Morgan fingerprint density at radius 1 is 1.28 bits per heavy atom. The zero-order chi connectivity index (χ0) is 13.1. The second kappa shape index (κ2) is 5.70. The number of nitrogen functional groups attached to an aromatic ring is 1. The van der Waals surface area contributed by atoms with Crippen molar-refractivity contribution in [2.75, 3.05) is 26.9 Å². The van der Waals surface area contributed by atoms with E-state index in [0.29, 0.717) is 11.7 Å². The van der Waals surface area contributed by atoms with Crippen molar-refractivity contribution in [3.05, 3.63) is 10.7 Å². The van der Waals surface area contributed by atoms with Gasteiger partial charge in [-0.1, -0.05) is 11.3 Å². The van der Waals surface area contributed by atoms with Crippen LogP contribution in [0.3, 0.4) is 0 Å². The first-order chi connectivity index (χ1) is 8.60. The molecule has 0 radical (unpaired) electrons. The number of hydrogen-bond acceptors (Lipinski definition) is 8. The van der Waals surface area contributed by atoms with Crippen molar-refractivity contribution in [2.24, 2.45) is 0 Å². The van der Waals surface area contributed by atoms with Crippen LogP contribution in [0, 0.1) is 0 Å². The first-order valence-corrected chi connectivity index (χ1v) is 6.95. The van der Waals surface area contributed by atoms with Gasteiger partial charge in [0.1, 0.15) is 5.01 Å². The SMILES string of the molecule is COCc1nc(CN(C)C)sc1-c1nnc(N)s1. The van der Waals surface area contributed by atoms with E-state index in [1.807, 2.05) is 14.1 Å². The van der Waals surface area contributed by atoms with Crippen LogP contribution in [0.5, 0.6) is 0 Å². The first-order valence-electron chi connectivity index (χ1n) is 5.31. The quantitative estimate of drug-likeness (QED) is 0.896. The van der Waals surface area contributed by atoms with Crippen LogP contribution >= 0.6 is 22.7 Å². The van der Waals surface area contributed by atoms with Gasteiger partial charge in [-0.15, -0.1) is 21.5 Å². The van der Waals surface area contributed by atoms with E-state index in [2.05, 4.69) is 20.1 Å². The molecule has 0 bridgehead atoms. The minimum atomic E-state index is 0.468. The van der Waals surface area contributed by atoms with Gasteiger partial charge in [0.25, 0.3) is 0 Å². The van der Waals surface area contributed by atoms with E-state index in [1.54, 1.807) is 18.4 Å². The summed E-state index contributed by atoms with van der Waals surface area (Å²) in [6.45, 7) is 1.27. The Labute approximate surface area is 113 Å². The maximum Gasteiger partial charge on any atom is 0.203 e. The highest BCUT2D eigenvalue weighted by Crippen LogP contribution is 2.33. The van der Waals surface area contributed by atoms with Crippen LogP contribution in [-0.4, -0.2) is 41.3 Å². The molecule has 0 amide bonds. The Morgan fingerprint density at radius 2 is 2.06 bits per heavy atom. The molecule has 0 aliphatic heterocycles. The van der Waals surface area contributed by atoms with Gasteiger partial charge in [-0.05, 0) is 14.1 Å². The molecule has 8 heteroatoms. The van der Waals surface area contributed by atoms with Crippen LogP contribution in [0.15, 0.2) is 0 Å². The summed E-state index contributed by atoms with van der Waals surface area (Å²) in [6, 6.07) is 0. The Bertz CT molecular complexity index is 522. The summed E-state index contributed by atoms with van der Waals surface area (Å²) >= 11 is 2.98. The summed E-state index contributed by atoms with van der Waals surface area (Å²) < 4.78 is 5.17. The van der Waals surface area contributed by atoms with E-state index < -0.39 is 0 Å². The number of rotatable bonds is 5. The molecule has 0 saturated heterocycles. The smallest absolute Gasteiger partial charge is 0.203 e. The second-order valence-corrected chi connectivity index (χ2v) is 6.09. The zero-order valence-electron chi connectivity index (χ0n) is 10.5. The van der Waals surface area contributed by atoms with E-state index in [1.165, 1.54) is 11.3 Å². The number of methoxy groups -OCH3 is 1. The lowest BCUT2D eigenvalue weighted by Crippen LogP contribution is -2.10. The predicted octanol–water partition coefficient (Wildman–Crippen LogP) is 1.45. The van der Waals surface area contributed by atoms with Crippen molar-refractivity contribution in [1.29, 1.82) is 0 Å². The third kappa shape index (κ3) is 3.02. The fourth-order valence-electron chi connectivity index (χ4n) is 1.47. The molecule has 6 nitrogen and oxygen atoms in total. The number of ether oxygens (including phenoxy) is 1. The molecule has 2 heterocycles. The molecule has 0 aliphatic carbocycles. The summed E-state index contributed by atoms with van der Waals surface area (Å²) in [5.74, 6) is 0. The highest BCUT2D eigenvalue weighted by Gasteiger charge is 2.16. The fourth-order valence-corrected chi connectivity index (χ4v) is 3.35. The van der Waals surface area contributed by atoms with Gasteiger partial charge in [0.2, 0.25) is 5.13 Å². The van der Waals surface area contributed by atoms with Crippen LogP contribution in [0.1, 0.15) is 10.7 Å². The Balaban J connectivity index is 2.34. The molecule has 98 valence electrons. The Morgan fingerprint density at radius 3 is 2.61 bits per heavy atom. The van der Waals surface area contributed by atoms with Gasteiger partial charge in [0.05, 0.1) is 17.2 Å². The number of nitrogens with zero attached hydrogens (tertiary/aromatic N) is 4. The van der Waals surface area contributed by atoms with E-state index >= 15 is 0 Å². The summed E-state index contributed by atoms with van der Waals surface area (Å²) in [5.41, 5.74) is 6.52. The highest BCUT2D eigenvalue weighted by atomic mass is 32.1. The summed E-state index contributed by atoms with van der Waals surface area (Å²) in [6.07, 6.45) is 0. The normalized spacial score (nSPS) is 11.3. The fraction of sp³-hybridized carbons (Fsp3) is 0.500. The van der Waals surface area contributed by atoms with Gasteiger partial charge >= 0.3 is 0 Å². The van der Waals surface area contributed by atoms with Crippen molar-refractivity contribution >= 4 is 27.8 Å². The molecule has 2 N–H and O–H groups in total. The number of thiazole rings is 1. The monoisotopic (exact) mass is 285 g/mol. The average Bonchev–Trinajstić information content (AvgIpc) is 2.85. The summed E-state index contributed by atoms with van der Waals surface area (Å²) in [4.78, 5) is 7.66. The topological polar surface area (TPSA) is 77.2 Å². The number of nitrogens with two attached hydrogens (primary N) is 1. The Hall–Kier alpha value is -1.09. The molecular weight excluding hydrogens is 270 g/mol. The van der Waals surface area contributed by atoms with Gasteiger partial charge < -0.3 is 15.4 Å². The number of anilines is 1. The summed E-state index contributed by atoms with van der Waals surface area (Å²) in [5, 5.41) is 10.2. The van der Waals surface area contributed by atoms with E-state index in [4.69, 9.17) is 10.5 Å². The third-order valence-corrected chi connectivity index (χ3v) is 4.10. The molecule has 2 aromatic heterocycles. The van der Waals surface area contributed by atoms with Crippen molar-refractivity contribution < 1.29 is 4.74 Å². The standard InChI is InChI=1S/C10H15N5OS2/c1-15(2)4-7-12-6(5-16-3)8(17-7)9-13-14-10(11)18-9/h4-5H2,1-3H3,(H2,11,14). The number of hydrogen-bond donors (Lipinski definition) is 1. The second-order valence-electron chi connectivity index (χ2n) is 4.00. The zero-order valence-corrected chi connectivity index (χ0v) is 12.1. The molecule has 0 atom stereocenters. The van der Waals surface area contributed by atoms with Crippen molar-refractivity contribution in [3.63, 3.8) is 0 Å². The maximum absolute atomic E-state index is 5.62. The van der Waals surface area contributed by atoms with Crippen molar-refractivity contribution in [3.8, 4) is 9.88 Å². The lowest BCUT2D eigenvalue weighted by molar-refractivity contribution is 0.182. The maximum atomic E-state index is 5.62. The van der Waals surface area contributed by atoms with Gasteiger partial charge in [-0.25, -0.2) is 4.98 Å². The van der Waals surface area contributed by atoms with Crippen LogP contribution in [-0.2, 0) is 17.9 Å². The van der Waals surface area contributed by atoms with E-state index in [9.17, 15) is 0 Å². The average molecular weight is 285 g/mol. The number of aromatic nitrogens is 3. The molecule has 0 saturated carbocycles. The van der Waals surface area contributed by atoms with Crippen molar-refractivity contribution in [2.45, 2.75) is 13.2 Å². The molecule has 0 aromatic carbocycles. The molecule has 2 aromatic rings. The van der Waals surface area contributed by atoms with Crippen molar-refractivity contribution in [1.82, 2.24) is 20.1 Å². The lowest BCUT2D eigenvalue weighted by atomic mass is 10.4. The Kier molecular flexibility index (Phi) is 4.23. The van der Waals surface area contributed by atoms with Gasteiger partial charge in [-0.2, -0.15) is 0 Å². The largest absolute Gasteiger partial charge is 0.378 e. The minimum absolute atomic E-state index is 0.468. The lowest BCUT2D eigenvalue weighted by Gasteiger charge is -2.04. The predicted molar refractivity (Wildman–Crippen MR) is 73.5 cm³/mol. The summed E-state index contributed by atoms with van der Waals surface area (Å²) in [7, 11) is 5.68. The van der Waals surface area contributed by atoms with Gasteiger partial charge in [0, 0.05) is 13.7 Å². The molecule has 2 rings (SSSR count). The highest BCUT2D eigenvalue weighted by molar-refractivity contribution is 7.23. The molecular formula is C10H15N5OS2. The van der Waals surface area contributed by atoms with Gasteiger partial charge in [-0.3, -0.25) is 0 Å². The molecule has 0 unspecified atom stereocenters. The molecule has 0 fully saturated rings. The minimum Gasteiger partial charge on any atom is -0.378 e. The van der Waals surface area contributed by atoms with Crippen LogP contribution in [0.25, 0.3) is 9.88 Å². The van der Waals surface area contributed by atoms with E-state index in [-0.39, 0.29) is 0 Å². The van der Waals surface area contributed by atoms with Crippen LogP contribution in [0.2, 0.25) is 0 Å². The molecule has 18 heavy (non-hydrogen) atoms. The van der Waals surface area contributed by atoms with E-state index in [0.717, 1.165) is 27.1 Å². The molecule has 0 spiro atoms. The third-order valence-electron chi connectivity index (χ3n) is 2.11. The molecule has 0 aliphatic rings. The van der Waals surface area contributed by atoms with Crippen LogP contribution in [0.4, 0.5) is 5.13 Å². The first kappa shape index (κ1) is 13.3. The van der Waals surface area contributed by atoms with Crippen LogP contribution < -0.4 is 5.73 Å². The van der Waals surface area contributed by atoms with Gasteiger partial charge in [0.15, 0.2) is 5.01 Å².